The van der Waals surface area contributed by atoms with E-state index in [2.05, 4.69) is 10.3 Å². The molecule has 1 heterocycles. The fraction of sp³-hybridized carbons (Fsp3) is 0.0909. The molecule has 1 aromatic heterocycles. The molecule has 0 aliphatic rings. The van der Waals surface area contributed by atoms with E-state index in [9.17, 15) is 28.1 Å². The molecule has 2 rings (SSSR count). The molecule has 0 aliphatic heterocycles. The summed E-state index contributed by atoms with van der Waals surface area (Å²) in [6.07, 6.45) is -4.71. The van der Waals surface area contributed by atoms with Gasteiger partial charge < -0.3 is 5.32 Å². The summed E-state index contributed by atoms with van der Waals surface area (Å²) in [5.74, 6) is -0.737. The molecule has 0 bridgehead atoms. The average Bonchev–Trinajstić information content (AvgIpc) is 2.91. The van der Waals surface area contributed by atoms with Crippen LogP contribution in [0.25, 0.3) is 0 Å². The molecule has 0 atom stereocenters. The number of nitrogens with zero attached hydrogens (tertiary/aromatic N) is 2. The summed E-state index contributed by atoms with van der Waals surface area (Å²) >= 11 is 1.14. The van der Waals surface area contributed by atoms with Gasteiger partial charge in [0, 0.05) is 11.4 Å². The van der Waals surface area contributed by atoms with Gasteiger partial charge in [-0.15, -0.1) is 11.3 Å². The molecule has 21 heavy (non-hydrogen) atoms. The van der Waals surface area contributed by atoms with Gasteiger partial charge in [-0.25, -0.2) is 4.98 Å². The van der Waals surface area contributed by atoms with Crippen LogP contribution in [-0.2, 0) is 6.18 Å². The Kier molecular flexibility index (Phi) is 3.89. The fourth-order valence-electron chi connectivity index (χ4n) is 1.48. The minimum absolute atomic E-state index is 0.0224. The Morgan fingerprint density at radius 3 is 2.62 bits per heavy atom. The van der Waals surface area contributed by atoms with Crippen molar-refractivity contribution in [2.75, 3.05) is 5.32 Å². The Labute approximate surface area is 119 Å². The first-order valence-electron chi connectivity index (χ1n) is 5.34. The average molecular weight is 317 g/mol. The molecule has 0 saturated heterocycles. The first kappa shape index (κ1) is 14.9. The first-order valence-corrected chi connectivity index (χ1v) is 6.28. The highest BCUT2D eigenvalue weighted by Crippen LogP contribution is 2.35. The number of hydrogen-bond acceptors (Lipinski definition) is 5. The molecular formula is C11H6F3N3O3S. The van der Waals surface area contributed by atoms with E-state index in [0.717, 1.165) is 17.4 Å². The lowest BCUT2D eigenvalue weighted by Gasteiger charge is -2.09. The highest BCUT2D eigenvalue weighted by atomic mass is 32.1. The Hall–Kier alpha value is -2.49. The van der Waals surface area contributed by atoms with Crippen LogP contribution in [0.1, 0.15) is 16.1 Å². The third-order valence-corrected chi connectivity index (χ3v) is 3.02. The Balaban J connectivity index is 2.35. The maximum atomic E-state index is 12.5. The van der Waals surface area contributed by atoms with Crippen molar-refractivity contribution in [2.24, 2.45) is 0 Å². The predicted molar refractivity (Wildman–Crippen MR) is 68.2 cm³/mol. The number of benzene rings is 1. The second kappa shape index (κ2) is 5.48. The van der Waals surface area contributed by atoms with Crippen molar-refractivity contribution in [1.29, 1.82) is 0 Å². The van der Waals surface area contributed by atoms with Crippen molar-refractivity contribution in [2.45, 2.75) is 6.18 Å². The summed E-state index contributed by atoms with van der Waals surface area (Å²) in [6, 6.07) is 1.87. The molecule has 0 radical (unpaired) electrons. The lowest BCUT2D eigenvalue weighted by molar-refractivity contribution is -0.384. The second-order valence-electron chi connectivity index (χ2n) is 3.81. The van der Waals surface area contributed by atoms with Gasteiger partial charge in [-0.05, 0) is 12.1 Å². The zero-order valence-corrected chi connectivity index (χ0v) is 10.9. The van der Waals surface area contributed by atoms with Gasteiger partial charge in [0.15, 0.2) is 0 Å². The molecule has 1 aromatic carbocycles. The molecule has 6 nitrogen and oxygen atoms in total. The number of aromatic nitrogens is 1. The molecule has 1 amide bonds. The molecule has 0 spiro atoms. The molecule has 10 heteroatoms. The number of nitro groups is 1. The number of carbonyl (C=O) groups is 1. The van der Waals surface area contributed by atoms with Crippen molar-refractivity contribution in [3.8, 4) is 0 Å². The molecule has 1 N–H and O–H groups in total. The quantitative estimate of drug-likeness (QED) is 0.695. The van der Waals surface area contributed by atoms with E-state index in [0.29, 0.717) is 12.1 Å². The third kappa shape index (κ3) is 3.34. The lowest BCUT2D eigenvalue weighted by Crippen LogP contribution is -2.14. The van der Waals surface area contributed by atoms with Crippen LogP contribution in [0.3, 0.4) is 0 Å². The van der Waals surface area contributed by atoms with E-state index in [1.165, 1.54) is 10.9 Å². The van der Waals surface area contributed by atoms with Crippen LogP contribution in [0.15, 0.2) is 29.1 Å². The predicted octanol–water partition coefficient (Wildman–Crippen LogP) is 3.32. The maximum Gasteiger partial charge on any atom is 0.416 e. The van der Waals surface area contributed by atoms with E-state index >= 15 is 0 Å². The number of thiazole rings is 1. The van der Waals surface area contributed by atoms with Crippen molar-refractivity contribution in [3.63, 3.8) is 0 Å². The zero-order valence-electron chi connectivity index (χ0n) is 10.0. The van der Waals surface area contributed by atoms with Crippen molar-refractivity contribution >= 4 is 28.6 Å². The summed E-state index contributed by atoms with van der Waals surface area (Å²) in [6.45, 7) is 0. The number of hydrogen-bond donors (Lipinski definition) is 1. The van der Waals surface area contributed by atoms with E-state index < -0.39 is 28.3 Å². The smallest absolute Gasteiger partial charge is 0.315 e. The summed E-state index contributed by atoms with van der Waals surface area (Å²) in [7, 11) is 0. The molecule has 0 unspecified atom stereocenters. The van der Waals surface area contributed by atoms with E-state index in [1.807, 2.05) is 0 Å². The standard InChI is InChI=1S/C11H6F3N3O3S/c12-11(13,14)6-1-2-7(9(3-6)17(19)20)16-10(18)8-4-21-5-15-8/h1-5H,(H,16,18). The van der Waals surface area contributed by atoms with Gasteiger partial charge in [-0.3, -0.25) is 14.9 Å². The Bertz CT molecular complexity index is 686. The minimum Gasteiger partial charge on any atom is -0.315 e. The Morgan fingerprint density at radius 1 is 1.38 bits per heavy atom. The summed E-state index contributed by atoms with van der Waals surface area (Å²) in [4.78, 5) is 25.3. The largest absolute Gasteiger partial charge is 0.416 e. The highest BCUT2D eigenvalue weighted by molar-refractivity contribution is 7.07. The summed E-state index contributed by atoms with van der Waals surface area (Å²) in [5.41, 5.74) is -0.926. The minimum atomic E-state index is -4.71. The Morgan fingerprint density at radius 2 is 2.10 bits per heavy atom. The summed E-state index contributed by atoms with van der Waals surface area (Å²) < 4.78 is 37.6. The lowest BCUT2D eigenvalue weighted by atomic mass is 10.1. The number of alkyl halides is 3. The van der Waals surface area contributed by atoms with E-state index in [-0.39, 0.29) is 11.4 Å². The number of nitrogens with one attached hydrogen (secondary N) is 1. The number of carbonyl (C=O) groups excluding carboxylic acids is 1. The fourth-order valence-corrected chi connectivity index (χ4v) is 2.01. The first-order chi connectivity index (χ1) is 9.79. The van der Waals surface area contributed by atoms with Gasteiger partial charge in [-0.2, -0.15) is 13.2 Å². The van der Waals surface area contributed by atoms with Crippen LogP contribution < -0.4 is 5.32 Å². The number of amides is 1. The number of nitro benzene ring substituents is 1. The second-order valence-corrected chi connectivity index (χ2v) is 4.53. The van der Waals surface area contributed by atoms with Crippen molar-refractivity contribution in [1.82, 2.24) is 4.98 Å². The van der Waals surface area contributed by atoms with Crippen molar-refractivity contribution < 1.29 is 22.9 Å². The van der Waals surface area contributed by atoms with Gasteiger partial charge in [-0.1, -0.05) is 0 Å². The molecule has 110 valence electrons. The third-order valence-electron chi connectivity index (χ3n) is 2.43. The molecule has 0 saturated carbocycles. The van der Waals surface area contributed by atoms with Gasteiger partial charge in [0.25, 0.3) is 11.6 Å². The molecule has 0 fully saturated rings. The van der Waals surface area contributed by atoms with Crippen molar-refractivity contribution in [3.05, 3.63) is 50.5 Å². The van der Waals surface area contributed by atoms with Crippen LogP contribution in [0.4, 0.5) is 24.5 Å². The molecular weight excluding hydrogens is 311 g/mol. The van der Waals surface area contributed by atoms with E-state index in [4.69, 9.17) is 0 Å². The maximum absolute atomic E-state index is 12.5. The summed E-state index contributed by atoms with van der Waals surface area (Å²) in [5, 5.41) is 14.4. The molecule has 2 aromatic rings. The normalized spacial score (nSPS) is 11.2. The topological polar surface area (TPSA) is 85.1 Å². The highest BCUT2D eigenvalue weighted by Gasteiger charge is 2.33. The van der Waals surface area contributed by atoms with Crippen LogP contribution in [0.2, 0.25) is 0 Å². The zero-order chi connectivity index (χ0) is 15.6. The molecule has 0 aliphatic carbocycles. The van der Waals surface area contributed by atoms with Crippen LogP contribution >= 0.6 is 11.3 Å². The van der Waals surface area contributed by atoms with Gasteiger partial charge in [0.1, 0.15) is 11.4 Å². The number of rotatable bonds is 3. The van der Waals surface area contributed by atoms with Gasteiger partial charge >= 0.3 is 6.18 Å². The van der Waals surface area contributed by atoms with Gasteiger partial charge in [0.05, 0.1) is 16.0 Å². The van der Waals surface area contributed by atoms with E-state index in [1.54, 1.807) is 0 Å². The SMILES string of the molecule is O=C(Nc1ccc(C(F)(F)F)cc1[N+](=O)[O-])c1cscn1. The van der Waals surface area contributed by atoms with Gasteiger partial charge in [0.2, 0.25) is 0 Å². The van der Waals surface area contributed by atoms with Crippen LogP contribution in [-0.4, -0.2) is 15.8 Å². The van der Waals surface area contributed by atoms with Crippen LogP contribution in [0.5, 0.6) is 0 Å². The number of halogens is 3. The van der Waals surface area contributed by atoms with Crippen LogP contribution in [0, 0.1) is 10.1 Å². The number of anilines is 1. The monoisotopic (exact) mass is 317 g/mol.